The zero-order chi connectivity index (χ0) is 32.2. The smallest absolute Gasteiger partial charge is 0.258 e. The monoisotopic (exact) mass is 622 g/mol. The van der Waals surface area contributed by atoms with Crippen LogP contribution in [0.4, 0.5) is 0 Å². The Morgan fingerprint density at radius 1 is 0.957 bits per heavy atom. The van der Waals surface area contributed by atoms with Crippen LogP contribution in [-0.4, -0.2) is 76.5 Å². The van der Waals surface area contributed by atoms with Crippen molar-refractivity contribution in [1.29, 1.82) is 0 Å². The van der Waals surface area contributed by atoms with Crippen molar-refractivity contribution in [2.24, 2.45) is 0 Å². The van der Waals surface area contributed by atoms with E-state index >= 15 is 0 Å². The number of fused-ring (bicyclic) bond motifs is 7. The largest absolute Gasteiger partial charge is 0.496 e. The Balaban J connectivity index is 1.32. The molecule has 0 unspecified atom stereocenters. The second-order valence-corrected chi connectivity index (χ2v) is 11.5. The van der Waals surface area contributed by atoms with Crippen molar-refractivity contribution in [1.82, 2.24) is 30.5 Å². The molecule has 7 rings (SSSR count). The Labute approximate surface area is 266 Å². The summed E-state index contributed by atoms with van der Waals surface area (Å²) < 4.78 is 17.7. The Bertz CT molecular complexity index is 1760. The van der Waals surface area contributed by atoms with Gasteiger partial charge in [-0.05, 0) is 35.9 Å². The third-order valence-electron chi connectivity index (χ3n) is 7.86. The predicted octanol–water partition coefficient (Wildman–Crippen LogP) is 3.38. The van der Waals surface area contributed by atoms with Crippen LogP contribution in [0.3, 0.4) is 0 Å². The highest BCUT2D eigenvalue weighted by Gasteiger charge is 2.39. The summed E-state index contributed by atoms with van der Waals surface area (Å²) in [7, 11) is 1.53. The molecule has 0 saturated carbocycles. The van der Waals surface area contributed by atoms with Gasteiger partial charge in [0, 0.05) is 61.0 Å². The van der Waals surface area contributed by atoms with E-state index in [2.05, 4.69) is 25.6 Å². The predicted molar refractivity (Wildman–Crippen MR) is 168 cm³/mol. The van der Waals surface area contributed by atoms with Crippen LogP contribution in [0.2, 0.25) is 0 Å². The molecule has 2 aromatic carbocycles. The van der Waals surface area contributed by atoms with Crippen molar-refractivity contribution in [2.75, 3.05) is 26.8 Å². The van der Waals surface area contributed by atoms with E-state index in [1.54, 1.807) is 53.6 Å². The molecule has 1 fully saturated rings. The van der Waals surface area contributed by atoms with Crippen LogP contribution in [0.5, 0.6) is 17.2 Å². The van der Waals surface area contributed by atoms with Gasteiger partial charge in [0.15, 0.2) is 6.61 Å². The molecule has 4 aromatic rings. The summed E-state index contributed by atoms with van der Waals surface area (Å²) >= 11 is 0. The third kappa shape index (κ3) is 6.75. The SMILES string of the molecule is COc1cc2ccc1CNC(=O)COc1cccc(c1)-c1cncc(c1)C(=O)N[C@H]1CN(C(=O)c3cnc(C(C)C)nc3)C[C@@H]1O2. The minimum Gasteiger partial charge on any atom is -0.496 e. The lowest BCUT2D eigenvalue weighted by atomic mass is 10.1. The molecule has 236 valence electrons. The van der Waals surface area contributed by atoms with Crippen LogP contribution in [-0.2, 0) is 11.3 Å². The Hall–Kier alpha value is -5.52. The second-order valence-electron chi connectivity index (χ2n) is 11.5. The molecule has 3 amide bonds. The minimum absolute atomic E-state index is 0.130. The number of amides is 3. The van der Waals surface area contributed by atoms with Gasteiger partial charge in [-0.15, -0.1) is 0 Å². The molecular formula is C34H34N6O6. The highest BCUT2D eigenvalue weighted by atomic mass is 16.5. The van der Waals surface area contributed by atoms with Gasteiger partial charge in [0.1, 0.15) is 29.2 Å². The van der Waals surface area contributed by atoms with Crippen molar-refractivity contribution in [3.63, 3.8) is 0 Å². The number of methoxy groups -OCH3 is 1. The number of likely N-dealkylation sites (tertiary alicyclic amines) is 1. The average Bonchev–Trinajstić information content (AvgIpc) is 3.47. The van der Waals surface area contributed by atoms with Crippen LogP contribution in [0.1, 0.15) is 51.9 Å². The molecule has 2 aromatic heterocycles. The van der Waals surface area contributed by atoms with Gasteiger partial charge in [0.25, 0.3) is 17.7 Å². The molecule has 2 atom stereocenters. The number of nitrogens with one attached hydrogen (secondary N) is 2. The first-order valence-electron chi connectivity index (χ1n) is 15.0. The molecule has 0 radical (unpaired) electrons. The number of rotatable bonds is 3. The summed E-state index contributed by atoms with van der Waals surface area (Å²) in [5.74, 6) is 1.35. The Kier molecular flexibility index (Phi) is 8.77. The van der Waals surface area contributed by atoms with Crippen molar-refractivity contribution in [3.8, 4) is 28.4 Å². The summed E-state index contributed by atoms with van der Waals surface area (Å²) in [6, 6.07) is 13.7. The molecule has 6 bridgehead atoms. The van der Waals surface area contributed by atoms with E-state index in [4.69, 9.17) is 14.2 Å². The van der Waals surface area contributed by atoms with Crippen molar-refractivity contribution < 1.29 is 28.6 Å². The molecule has 12 heteroatoms. The number of carbonyl (C=O) groups is 3. The maximum Gasteiger partial charge on any atom is 0.258 e. The number of nitrogens with zero attached hydrogens (tertiary/aromatic N) is 4. The van der Waals surface area contributed by atoms with E-state index in [9.17, 15) is 14.4 Å². The average molecular weight is 623 g/mol. The Morgan fingerprint density at radius 3 is 2.54 bits per heavy atom. The van der Waals surface area contributed by atoms with Crippen molar-refractivity contribution in [2.45, 2.75) is 38.5 Å². The normalized spacial score (nSPS) is 18.1. The molecule has 46 heavy (non-hydrogen) atoms. The summed E-state index contributed by atoms with van der Waals surface area (Å²) in [5, 5.41) is 5.93. The van der Waals surface area contributed by atoms with Crippen molar-refractivity contribution >= 4 is 17.7 Å². The molecule has 12 nitrogen and oxygen atoms in total. The lowest BCUT2D eigenvalue weighted by Gasteiger charge is -2.22. The Morgan fingerprint density at radius 2 is 1.76 bits per heavy atom. The van der Waals surface area contributed by atoms with E-state index in [0.717, 1.165) is 11.1 Å². The maximum absolute atomic E-state index is 13.6. The topological polar surface area (TPSA) is 145 Å². The molecular weight excluding hydrogens is 588 g/mol. The van der Waals surface area contributed by atoms with Gasteiger partial charge in [0.05, 0.1) is 30.8 Å². The van der Waals surface area contributed by atoms with E-state index < -0.39 is 12.1 Å². The fraction of sp³-hybridized carbons (Fsp3) is 0.294. The fourth-order valence-corrected chi connectivity index (χ4v) is 5.38. The van der Waals surface area contributed by atoms with Crippen LogP contribution in [0.15, 0.2) is 73.3 Å². The number of hydrogen-bond acceptors (Lipinski definition) is 9. The van der Waals surface area contributed by atoms with Gasteiger partial charge in [-0.3, -0.25) is 19.4 Å². The number of hydrogen-bond donors (Lipinski definition) is 2. The van der Waals surface area contributed by atoms with Crippen LogP contribution in [0.25, 0.3) is 11.1 Å². The summed E-state index contributed by atoms with van der Waals surface area (Å²) in [4.78, 5) is 54.4. The standard InChI is InChI=1S/C34H34N6O6/c1-20(2)32-37-15-25(16-38-32)34(43)40-17-28-30(18-40)46-27-8-7-22(29(11-27)44-3)14-36-31(41)19-45-26-6-4-5-21(10-26)23-9-24(13-35-12-23)33(42)39-28/h4-13,15-16,20,28,30H,14,17-19H2,1-3H3,(H,36,41)(H,39,42)/t28-,30-/m0/s1. The summed E-state index contributed by atoms with van der Waals surface area (Å²) in [6.45, 7) is 4.41. The van der Waals surface area contributed by atoms with Crippen LogP contribution < -0.4 is 24.8 Å². The van der Waals surface area contributed by atoms with Gasteiger partial charge >= 0.3 is 0 Å². The molecule has 2 N–H and O–H groups in total. The highest BCUT2D eigenvalue weighted by Crippen LogP contribution is 2.29. The third-order valence-corrected chi connectivity index (χ3v) is 7.86. The number of aromatic nitrogens is 3. The molecule has 1 saturated heterocycles. The van der Waals surface area contributed by atoms with E-state index in [1.807, 2.05) is 19.9 Å². The first-order chi connectivity index (χ1) is 22.3. The molecule has 5 heterocycles. The molecule has 3 aliphatic rings. The molecule has 0 spiro atoms. The summed E-state index contributed by atoms with van der Waals surface area (Å²) in [6.07, 6.45) is 5.61. The first-order valence-corrected chi connectivity index (χ1v) is 15.0. The molecule has 3 aliphatic heterocycles. The van der Waals surface area contributed by atoms with E-state index in [-0.39, 0.29) is 49.9 Å². The number of ether oxygens (including phenoxy) is 3. The number of pyridine rings is 1. The van der Waals surface area contributed by atoms with Gasteiger partial charge in [-0.2, -0.15) is 0 Å². The highest BCUT2D eigenvalue weighted by molar-refractivity contribution is 5.96. The van der Waals surface area contributed by atoms with Gasteiger partial charge < -0.3 is 29.7 Å². The van der Waals surface area contributed by atoms with Gasteiger partial charge in [-0.1, -0.05) is 26.0 Å². The lowest BCUT2D eigenvalue weighted by Crippen LogP contribution is -2.45. The fourth-order valence-electron chi connectivity index (χ4n) is 5.38. The van der Waals surface area contributed by atoms with E-state index in [1.165, 1.54) is 25.7 Å². The van der Waals surface area contributed by atoms with Crippen molar-refractivity contribution in [3.05, 3.63) is 95.8 Å². The quantitative estimate of drug-likeness (QED) is 0.351. The second kappa shape index (κ2) is 13.2. The van der Waals surface area contributed by atoms with Crippen LogP contribution >= 0.6 is 0 Å². The zero-order valence-electron chi connectivity index (χ0n) is 25.7. The van der Waals surface area contributed by atoms with Gasteiger partial charge in [0.2, 0.25) is 0 Å². The molecule has 0 aliphatic carbocycles. The van der Waals surface area contributed by atoms with E-state index in [0.29, 0.717) is 39.8 Å². The summed E-state index contributed by atoms with van der Waals surface area (Å²) in [5.41, 5.74) is 2.89. The number of benzene rings is 2. The lowest BCUT2D eigenvalue weighted by molar-refractivity contribution is -0.123. The minimum atomic E-state index is -0.588. The van der Waals surface area contributed by atoms with Gasteiger partial charge in [-0.25, -0.2) is 9.97 Å². The first kappa shape index (κ1) is 30.5. The number of carbonyl (C=O) groups excluding carboxylic acids is 3. The van der Waals surface area contributed by atoms with Crippen LogP contribution in [0, 0.1) is 0 Å². The zero-order valence-corrected chi connectivity index (χ0v) is 25.7. The maximum atomic E-state index is 13.6.